The van der Waals surface area contributed by atoms with Gasteiger partial charge in [0, 0.05) is 17.3 Å². The van der Waals surface area contributed by atoms with Crippen molar-refractivity contribution in [2.24, 2.45) is 0 Å². The van der Waals surface area contributed by atoms with E-state index < -0.39 is 0 Å². The van der Waals surface area contributed by atoms with Gasteiger partial charge in [0.15, 0.2) is 5.76 Å². The minimum atomic E-state index is -0.333. The van der Waals surface area contributed by atoms with Crippen LogP contribution in [0.5, 0.6) is 0 Å². The van der Waals surface area contributed by atoms with Gasteiger partial charge in [-0.1, -0.05) is 38.7 Å². The summed E-state index contributed by atoms with van der Waals surface area (Å²) in [5, 5.41) is 5.83. The fraction of sp³-hybridized carbons (Fsp3) is 0.429. The Hall–Kier alpha value is -2.56. The lowest BCUT2D eigenvalue weighted by atomic mass is 10.1. The first-order valence-corrected chi connectivity index (χ1v) is 9.27. The van der Waals surface area contributed by atoms with E-state index in [2.05, 4.69) is 17.6 Å². The van der Waals surface area contributed by atoms with E-state index >= 15 is 0 Å². The van der Waals surface area contributed by atoms with Crippen LogP contribution in [0, 0.1) is 6.92 Å². The summed E-state index contributed by atoms with van der Waals surface area (Å²) in [5.74, 6) is -0.221. The number of hydrogen-bond donors (Lipinski definition) is 2. The molecule has 26 heavy (non-hydrogen) atoms. The van der Waals surface area contributed by atoms with Crippen LogP contribution in [-0.2, 0) is 0 Å². The largest absolute Gasteiger partial charge is 0.459 e. The maximum Gasteiger partial charge on any atom is 0.291 e. The second-order valence-electron chi connectivity index (χ2n) is 6.68. The van der Waals surface area contributed by atoms with Crippen molar-refractivity contribution in [3.05, 3.63) is 53.5 Å². The summed E-state index contributed by atoms with van der Waals surface area (Å²) in [6.45, 7) is 6.10. The predicted octanol–water partition coefficient (Wildman–Crippen LogP) is 4.93. The predicted molar refractivity (Wildman–Crippen MR) is 104 cm³/mol. The van der Waals surface area contributed by atoms with Gasteiger partial charge in [-0.3, -0.25) is 9.59 Å². The van der Waals surface area contributed by atoms with Crippen molar-refractivity contribution in [1.29, 1.82) is 0 Å². The standard InChI is InChI=1S/C21H28N2O3/c1-4-5-6-7-9-16(3)22-20(24)17-12-11-15(2)18(14-17)23-21(25)19-10-8-13-26-19/h8,10-14,16H,4-7,9H2,1-3H3,(H,22,24)(H,23,25). The number of hydrogen-bond acceptors (Lipinski definition) is 3. The molecule has 2 amide bonds. The Bertz CT molecular complexity index is 723. The number of carbonyl (C=O) groups is 2. The monoisotopic (exact) mass is 356 g/mol. The maximum absolute atomic E-state index is 12.5. The van der Waals surface area contributed by atoms with Gasteiger partial charge in [-0.25, -0.2) is 0 Å². The fourth-order valence-electron chi connectivity index (χ4n) is 2.75. The van der Waals surface area contributed by atoms with E-state index in [9.17, 15) is 9.59 Å². The number of aryl methyl sites for hydroxylation is 1. The molecular formula is C21H28N2O3. The Morgan fingerprint density at radius 2 is 1.92 bits per heavy atom. The summed E-state index contributed by atoms with van der Waals surface area (Å²) >= 11 is 0. The number of amides is 2. The lowest BCUT2D eigenvalue weighted by molar-refractivity contribution is 0.0936. The summed E-state index contributed by atoms with van der Waals surface area (Å²) in [4.78, 5) is 24.6. The minimum absolute atomic E-state index is 0.124. The Balaban J connectivity index is 1.97. The van der Waals surface area contributed by atoms with E-state index in [4.69, 9.17) is 4.42 Å². The maximum atomic E-state index is 12.5. The first-order chi connectivity index (χ1) is 12.5. The lowest BCUT2D eigenvalue weighted by Crippen LogP contribution is -2.32. The van der Waals surface area contributed by atoms with Gasteiger partial charge in [-0.05, 0) is 50.1 Å². The van der Waals surface area contributed by atoms with Crippen LogP contribution in [0.4, 0.5) is 5.69 Å². The average Bonchev–Trinajstić information content (AvgIpc) is 3.15. The van der Waals surface area contributed by atoms with Gasteiger partial charge in [0.2, 0.25) is 0 Å². The average molecular weight is 356 g/mol. The molecule has 0 spiro atoms. The van der Waals surface area contributed by atoms with Crippen LogP contribution in [0.1, 0.15) is 72.4 Å². The zero-order chi connectivity index (χ0) is 18.9. The summed E-state index contributed by atoms with van der Waals surface area (Å²) in [7, 11) is 0. The van der Waals surface area contributed by atoms with Crippen molar-refractivity contribution in [1.82, 2.24) is 5.32 Å². The highest BCUT2D eigenvalue weighted by Gasteiger charge is 2.14. The second kappa shape index (κ2) is 9.80. The molecule has 0 aliphatic carbocycles. The number of rotatable bonds is 9. The van der Waals surface area contributed by atoms with Crippen LogP contribution in [0.15, 0.2) is 41.0 Å². The molecule has 2 aromatic rings. The topological polar surface area (TPSA) is 71.3 Å². The molecule has 0 radical (unpaired) electrons. The molecule has 5 nitrogen and oxygen atoms in total. The van der Waals surface area contributed by atoms with Gasteiger partial charge in [-0.2, -0.15) is 0 Å². The summed E-state index contributed by atoms with van der Waals surface area (Å²) in [6.07, 6.45) is 7.18. The van der Waals surface area contributed by atoms with Gasteiger partial charge in [0.05, 0.1) is 6.26 Å². The first kappa shape index (κ1) is 19.8. The first-order valence-electron chi connectivity index (χ1n) is 9.27. The van der Waals surface area contributed by atoms with Gasteiger partial charge in [-0.15, -0.1) is 0 Å². The highest BCUT2D eigenvalue weighted by molar-refractivity contribution is 6.03. The zero-order valence-corrected chi connectivity index (χ0v) is 15.8. The molecule has 2 rings (SSSR count). The van der Waals surface area contributed by atoms with Crippen molar-refractivity contribution in [3.8, 4) is 0 Å². The van der Waals surface area contributed by atoms with Gasteiger partial charge < -0.3 is 15.1 Å². The summed E-state index contributed by atoms with van der Waals surface area (Å²) in [6, 6.07) is 8.70. The Morgan fingerprint density at radius 1 is 1.12 bits per heavy atom. The molecule has 1 aromatic heterocycles. The van der Waals surface area contributed by atoms with E-state index in [1.54, 1.807) is 24.3 Å². The molecular weight excluding hydrogens is 328 g/mol. The number of furan rings is 1. The number of unbranched alkanes of at least 4 members (excludes halogenated alkanes) is 3. The number of carbonyl (C=O) groups excluding carboxylic acids is 2. The molecule has 140 valence electrons. The minimum Gasteiger partial charge on any atom is -0.459 e. The van der Waals surface area contributed by atoms with Crippen LogP contribution in [0.2, 0.25) is 0 Å². The molecule has 1 heterocycles. The van der Waals surface area contributed by atoms with Crippen molar-refractivity contribution in [2.75, 3.05) is 5.32 Å². The van der Waals surface area contributed by atoms with Crippen molar-refractivity contribution in [2.45, 2.75) is 58.9 Å². The molecule has 1 aromatic carbocycles. The summed E-state index contributed by atoms with van der Waals surface area (Å²) in [5.41, 5.74) is 2.02. The molecule has 2 N–H and O–H groups in total. The van der Waals surface area contributed by atoms with Gasteiger partial charge in [0.25, 0.3) is 11.8 Å². The van der Waals surface area contributed by atoms with E-state index in [0.717, 1.165) is 18.4 Å². The molecule has 0 fully saturated rings. The number of anilines is 1. The van der Waals surface area contributed by atoms with Gasteiger partial charge in [0.1, 0.15) is 0 Å². The third-order valence-electron chi connectivity index (χ3n) is 4.36. The summed E-state index contributed by atoms with van der Waals surface area (Å²) < 4.78 is 5.10. The van der Waals surface area contributed by atoms with Crippen LogP contribution >= 0.6 is 0 Å². The highest BCUT2D eigenvalue weighted by Crippen LogP contribution is 2.18. The number of benzene rings is 1. The van der Waals surface area contributed by atoms with E-state index in [1.807, 2.05) is 19.9 Å². The molecule has 0 aliphatic rings. The SMILES string of the molecule is CCCCCCC(C)NC(=O)c1ccc(C)c(NC(=O)c2ccco2)c1. The second-order valence-corrected chi connectivity index (χ2v) is 6.68. The van der Waals surface area contributed by atoms with E-state index in [0.29, 0.717) is 11.3 Å². The molecule has 0 saturated heterocycles. The number of nitrogens with one attached hydrogen (secondary N) is 2. The van der Waals surface area contributed by atoms with Crippen LogP contribution in [0.25, 0.3) is 0 Å². The van der Waals surface area contributed by atoms with Crippen LogP contribution in [-0.4, -0.2) is 17.9 Å². The Labute approximate surface area is 155 Å². The van der Waals surface area contributed by atoms with Crippen LogP contribution < -0.4 is 10.6 Å². The zero-order valence-electron chi connectivity index (χ0n) is 15.8. The Morgan fingerprint density at radius 3 is 2.62 bits per heavy atom. The van der Waals surface area contributed by atoms with Crippen molar-refractivity contribution >= 4 is 17.5 Å². The van der Waals surface area contributed by atoms with Crippen LogP contribution in [0.3, 0.4) is 0 Å². The van der Waals surface area contributed by atoms with Crippen molar-refractivity contribution in [3.63, 3.8) is 0 Å². The van der Waals surface area contributed by atoms with Crippen molar-refractivity contribution < 1.29 is 14.0 Å². The third kappa shape index (κ3) is 5.76. The normalized spacial score (nSPS) is 11.8. The molecule has 0 aliphatic heterocycles. The quantitative estimate of drug-likeness (QED) is 0.626. The molecule has 1 atom stereocenters. The molecule has 0 saturated carbocycles. The molecule has 1 unspecified atom stereocenters. The van der Waals surface area contributed by atoms with E-state index in [-0.39, 0.29) is 23.6 Å². The van der Waals surface area contributed by atoms with E-state index in [1.165, 1.54) is 25.5 Å². The smallest absolute Gasteiger partial charge is 0.291 e. The third-order valence-corrected chi connectivity index (χ3v) is 4.36. The molecule has 5 heteroatoms. The van der Waals surface area contributed by atoms with Gasteiger partial charge >= 0.3 is 0 Å². The lowest BCUT2D eigenvalue weighted by Gasteiger charge is -2.15. The fourth-order valence-corrected chi connectivity index (χ4v) is 2.75. The molecule has 0 bridgehead atoms. The Kier molecular flexibility index (Phi) is 7.45. The highest BCUT2D eigenvalue weighted by atomic mass is 16.3.